The Morgan fingerprint density at radius 1 is 0.900 bits per heavy atom. The highest BCUT2D eigenvalue weighted by atomic mass is 16.5. The van der Waals surface area contributed by atoms with Crippen molar-refractivity contribution in [1.82, 2.24) is 0 Å². The van der Waals surface area contributed by atoms with Crippen molar-refractivity contribution < 1.29 is 19.1 Å². The molecular formula is C16H14O4. The molecule has 0 aliphatic heterocycles. The first-order chi connectivity index (χ1) is 9.70. The molecule has 0 saturated carbocycles. The lowest BCUT2D eigenvalue weighted by atomic mass is 10.1. The number of esters is 2. The molecular weight excluding hydrogens is 256 g/mol. The first-order valence-corrected chi connectivity index (χ1v) is 6.10. The predicted octanol–water partition coefficient (Wildman–Crippen LogP) is 2.83. The number of hydrogen-bond donors (Lipinski definition) is 0. The van der Waals surface area contributed by atoms with E-state index >= 15 is 0 Å². The molecule has 0 aliphatic rings. The van der Waals surface area contributed by atoms with E-state index in [0.29, 0.717) is 11.1 Å². The molecule has 4 heteroatoms. The zero-order valence-corrected chi connectivity index (χ0v) is 11.0. The maximum atomic E-state index is 11.8. The van der Waals surface area contributed by atoms with Gasteiger partial charge in [0, 0.05) is 0 Å². The molecule has 0 fully saturated rings. The van der Waals surface area contributed by atoms with Crippen molar-refractivity contribution in [3.8, 4) is 0 Å². The van der Waals surface area contributed by atoms with Gasteiger partial charge in [0.15, 0.2) is 0 Å². The summed E-state index contributed by atoms with van der Waals surface area (Å²) in [5.74, 6) is -0.810. The van der Waals surface area contributed by atoms with E-state index < -0.39 is 11.9 Å². The van der Waals surface area contributed by atoms with Gasteiger partial charge < -0.3 is 9.47 Å². The van der Waals surface area contributed by atoms with Crippen molar-refractivity contribution in [1.29, 1.82) is 0 Å². The largest absolute Gasteiger partial charge is 0.465 e. The van der Waals surface area contributed by atoms with Crippen LogP contribution in [0.3, 0.4) is 0 Å². The molecule has 0 heterocycles. The third kappa shape index (κ3) is 3.45. The molecule has 0 atom stereocenters. The molecule has 0 unspecified atom stereocenters. The topological polar surface area (TPSA) is 52.6 Å². The van der Waals surface area contributed by atoms with Crippen LogP contribution in [0.15, 0.2) is 54.6 Å². The Kier molecular flexibility index (Phi) is 4.50. The van der Waals surface area contributed by atoms with E-state index in [1.807, 2.05) is 6.07 Å². The van der Waals surface area contributed by atoms with E-state index in [1.165, 1.54) is 7.11 Å². The van der Waals surface area contributed by atoms with Gasteiger partial charge in [0.05, 0.1) is 18.2 Å². The number of ether oxygens (including phenoxy) is 2. The molecule has 0 N–H and O–H groups in total. The quantitative estimate of drug-likeness (QED) is 0.802. The molecule has 0 aliphatic carbocycles. The van der Waals surface area contributed by atoms with Gasteiger partial charge in [0.1, 0.15) is 6.61 Å². The van der Waals surface area contributed by atoms with Crippen molar-refractivity contribution in [2.24, 2.45) is 0 Å². The lowest BCUT2D eigenvalue weighted by molar-refractivity contribution is 0.0472. The number of carbonyl (C=O) groups excluding carboxylic acids is 2. The summed E-state index contributed by atoms with van der Waals surface area (Å²) in [6, 6.07) is 15.5. The second-order valence-electron chi connectivity index (χ2n) is 4.13. The molecule has 2 aromatic rings. The zero-order chi connectivity index (χ0) is 14.4. The summed E-state index contributed by atoms with van der Waals surface area (Å²) in [5, 5.41) is 0. The Bertz CT molecular complexity index is 605. The Morgan fingerprint density at radius 2 is 1.60 bits per heavy atom. The molecule has 0 bridgehead atoms. The number of methoxy groups -OCH3 is 1. The van der Waals surface area contributed by atoms with Gasteiger partial charge in [0.25, 0.3) is 0 Å². The minimum atomic E-state index is -0.416. The Balaban J connectivity index is 2.01. The van der Waals surface area contributed by atoms with Crippen LogP contribution >= 0.6 is 0 Å². The number of rotatable bonds is 4. The maximum absolute atomic E-state index is 11.8. The van der Waals surface area contributed by atoms with Crippen LogP contribution in [0.25, 0.3) is 0 Å². The fourth-order valence-corrected chi connectivity index (χ4v) is 1.71. The van der Waals surface area contributed by atoms with Gasteiger partial charge in [-0.25, -0.2) is 9.59 Å². The highest BCUT2D eigenvalue weighted by Gasteiger charge is 2.08. The van der Waals surface area contributed by atoms with Gasteiger partial charge >= 0.3 is 11.9 Å². The standard InChI is InChI=1S/C16H14O4/c1-19-15(17)14-9-5-6-12(10-14)11-20-16(18)13-7-3-2-4-8-13/h2-10H,11H2,1H3. The molecule has 102 valence electrons. The van der Waals surface area contributed by atoms with Crippen molar-refractivity contribution in [3.05, 3.63) is 71.3 Å². The van der Waals surface area contributed by atoms with Gasteiger partial charge in [-0.2, -0.15) is 0 Å². The summed E-state index contributed by atoms with van der Waals surface area (Å²) < 4.78 is 9.83. The van der Waals surface area contributed by atoms with Gasteiger partial charge in [0.2, 0.25) is 0 Å². The summed E-state index contributed by atoms with van der Waals surface area (Å²) >= 11 is 0. The molecule has 0 aromatic heterocycles. The van der Waals surface area contributed by atoms with E-state index in [1.54, 1.807) is 48.5 Å². The van der Waals surface area contributed by atoms with Crippen LogP contribution in [0.5, 0.6) is 0 Å². The van der Waals surface area contributed by atoms with Crippen LogP contribution in [0.1, 0.15) is 26.3 Å². The smallest absolute Gasteiger partial charge is 0.338 e. The van der Waals surface area contributed by atoms with Crippen molar-refractivity contribution >= 4 is 11.9 Å². The normalized spacial score (nSPS) is 9.85. The molecule has 0 saturated heterocycles. The predicted molar refractivity (Wildman–Crippen MR) is 73.3 cm³/mol. The molecule has 2 aromatic carbocycles. The van der Waals surface area contributed by atoms with E-state index in [0.717, 1.165) is 5.56 Å². The number of carbonyl (C=O) groups is 2. The minimum absolute atomic E-state index is 0.110. The molecule has 20 heavy (non-hydrogen) atoms. The first kappa shape index (κ1) is 13.8. The summed E-state index contributed by atoms with van der Waals surface area (Å²) in [7, 11) is 1.32. The molecule has 0 radical (unpaired) electrons. The van der Waals surface area contributed by atoms with Crippen LogP contribution in [-0.4, -0.2) is 19.0 Å². The molecule has 0 amide bonds. The van der Waals surface area contributed by atoms with E-state index in [4.69, 9.17) is 4.74 Å². The van der Waals surface area contributed by atoms with Crippen LogP contribution in [0.2, 0.25) is 0 Å². The fourth-order valence-electron chi connectivity index (χ4n) is 1.71. The van der Waals surface area contributed by atoms with Crippen molar-refractivity contribution in [2.75, 3.05) is 7.11 Å². The van der Waals surface area contributed by atoms with Crippen molar-refractivity contribution in [3.63, 3.8) is 0 Å². The summed E-state index contributed by atoms with van der Waals surface area (Å²) in [6.45, 7) is 0.110. The van der Waals surface area contributed by atoms with Crippen LogP contribution in [-0.2, 0) is 16.1 Å². The summed E-state index contributed by atoms with van der Waals surface area (Å²) in [4.78, 5) is 23.2. The van der Waals surface area contributed by atoms with Gasteiger partial charge in [-0.1, -0.05) is 30.3 Å². The van der Waals surface area contributed by atoms with Crippen molar-refractivity contribution in [2.45, 2.75) is 6.61 Å². The Hall–Kier alpha value is -2.62. The molecule has 2 rings (SSSR count). The summed E-state index contributed by atoms with van der Waals surface area (Å²) in [5.41, 5.74) is 1.66. The van der Waals surface area contributed by atoms with Gasteiger partial charge in [-0.15, -0.1) is 0 Å². The lowest BCUT2D eigenvalue weighted by Gasteiger charge is -2.06. The average molecular weight is 270 g/mol. The van der Waals surface area contributed by atoms with E-state index in [-0.39, 0.29) is 6.61 Å². The average Bonchev–Trinajstić information content (AvgIpc) is 2.53. The SMILES string of the molecule is COC(=O)c1cccc(COC(=O)c2ccccc2)c1. The third-order valence-corrected chi connectivity index (χ3v) is 2.73. The number of hydrogen-bond acceptors (Lipinski definition) is 4. The van der Waals surface area contributed by atoms with E-state index in [2.05, 4.69) is 4.74 Å². The van der Waals surface area contributed by atoms with E-state index in [9.17, 15) is 9.59 Å². The number of benzene rings is 2. The van der Waals surface area contributed by atoms with Gasteiger partial charge in [-0.3, -0.25) is 0 Å². The zero-order valence-electron chi connectivity index (χ0n) is 11.0. The third-order valence-electron chi connectivity index (χ3n) is 2.73. The Morgan fingerprint density at radius 3 is 2.30 bits per heavy atom. The molecule has 4 nitrogen and oxygen atoms in total. The highest BCUT2D eigenvalue weighted by molar-refractivity contribution is 5.90. The second-order valence-corrected chi connectivity index (χ2v) is 4.13. The Labute approximate surface area is 116 Å². The fraction of sp³-hybridized carbons (Fsp3) is 0.125. The molecule has 0 spiro atoms. The monoisotopic (exact) mass is 270 g/mol. The second kappa shape index (κ2) is 6.52. The summed E-state index contributed by atoms with van der Waals surface area (Å²) in [6.07, 6.45) is 0. The highest BCUT2D eigenvalue weighted by Crippen LogP contribution is 2.09. The van der Waals surface area contributed by atoms with Crippen LogP contribution in [0.4, 0.5) is 0 Å². The lowest BCUT2D eigenvalue weighted by Crippen LogP contribution is -2.06. The van der Waals surface area contributed by atoms with Gasteiger partial charge in [-0.05, 0) is 29.8 Å². The minimum Gasteiger partial charge on any atom is -0.465 e. The van der Waals surface area contributed by atoms with Crippen LogP contribution < -0.4 is 0 Å². The first-order valence-electron chi connectivity index (χ1n) is 6.10. The maximum Gasteiger partial charge on any atom is 0.338 e. The van der Waals surface area contributed by atoms with Crippen LogP contribution in [0, 0.1) is 0 Å².